The van der Waals surface area contributed by atoms with E-state index in [4.69, 9.17) is 0 Å². The van der Waals surface area contributed by atoms with Crippen LogP contribution >= 0.6 is 0 Å². The molecule has 0 spiro atoms. The van der Waals surface area contributed by atoms with Gasteiger partial charge in [0, 0.05) is 0 Å². The maximum atomic E-state index is 2.28. The van der Waals surface area contributed by atoms with Gasteiger partial charge in [0.1, 0.15) is 0 Å². The van der Waals surface area contributed by atoms with Gasteiger partial charge in [-0.25, -0.2) is 0 Å². The van der Waals surface area contributed by atoms with Crippen molar-refractivity contribution in [1.82, 2.24) is 0 Å². The van der Waals surface area contributed by atoms with E-state index in [9.17, 15) is 0 Å². The molecule has 0 amide bonds. The molecule has 0 heterocycles. The zero-order valence-electron chi connectivity index (χ0n) is 8.37. The summed E-state index contributed by atoms with van der Waals surface area (Å²) in [7, 11) is 0. The van der Waals surface area contributed by atoms with Gasteiger partial charge >= 0.3 is 0 Å². The molecule has 1 aliphatic carbocycles. The van der Waals surface area contributed by atoms with Gasteiger partial charge in [-0.15, -0.1) is 0 Å². The molecule has 1 aromatic rings. The van der Waals surface area contributed by atoms with Crippen LogP contribution < -0.4 is 0 Å². The Morgan fingerprint density at radius 2 is 2.00 bits per heavy atom. The van der Waals surface area contributed by atoms with Gasteiger partial charge in [-0.3, -0.25) is 0 Å². The van der Waals surface area contributed by atoms with Crippen molar-refractivity contribution in [2.24, 2.45) is 5.92 Å². The summed E-state index contributed by atoms with van der Waals surface area (Å²) in [6, 6.07) is 11.0. The fourth-order valence-corrected chi connectivity index (χ4v) is 2.14. The average Bonchev–Trinajstić information content (AvgIpc) is 2.95. The van der Waals surface area contributed by atoms with Crippen molar-refractivity contribution >= 4 is 0 Å². The lowest BCUT2D eigenvalue weighted by atomic mass is 10.1. The molecule has 0 aromatic heterocycles. The highest BCUT2D eigenvalue weighted by molar-refractivity contribution is 5.25. The van der Waals surface area contributed by atoms with E-state index in [1.165, 1.54) is 25.7 Å². The van der Waals surface area contributed by atoms with Crippen LogP contribution in [-0.4, -0.2) is 0 Å². The SMILES string of the molecule is CCCC[C@@H]1C[C@@H]1c1ccccc1. The van der Waals surface area contributed by atoms with Gasteiger partial charge in [-0.1, -0.05) is 50.1 Å². The van der Waals surface area contributed by atoms with Gasteiger partial charge in [0.15, 0.2) is 0 Å². The Morgan fingerprint density at radius 3 is 2.69 bits per heavy atom. The normalized spacial score (nSPS) is 25.9. The minimum Gasteiger partial charge on any atom is -0.0654 e. The summed E-state index contributed by atoms with van der Waals surface area (Å²) in [6.45, 7) is 2.28. The van der Waals surface area contributed by atoms with Crippen LogP contribution in [-0.2, 0) is 0 Å². The Labute approximate surface area is 81.0 Å². The Morgan fingerprint density at radius 1 is 1.23 bits per heavy atom. The van der Waals surface area contributed by atoms with Gasteiger partial charge in [0.25, 0.3) is 0 Å². The molecule has 0 aliphatic heterocycles. The first-order valence-corrected chi connectivity index (χ1v) is 5.46. The lowest BCUT2D eigenvalue weighted by Gasteiger charge is -1.98. The number of hydrogen-bond acceptors (Lipinski definition) is 0. The van der Waals surface area contributed by atoms with E-state index in [2.05, 4.69) is 37.3 Å². The van der Waals surface area contributed by atoms with E-state index >= 15 is 0 Å². The van der Waals surface area contributed by atoms with Crippen molar-refractivity contribution < 1.29 is 0 Å². The Balaban J connectivity index is 1.86. The number of benzene rings is 1. The summed E-state index contributed by atoms with van der Waals surface area (Å²) in [4.78, 5) is 0. The van der Waals surface area contributed by atoms with Crippen LogP contribution in [0.25, 0.3) is 0 Å². The zero-order valence-corrected chi connectivity index (χ0v) is 8.37. The molecule has 0 unspecified atom stereocenters. The van der Waals surface area contributed by atoms with Crippen LogP contribution in [0.1, 0.15) is 44.1 Å². The smallest absolute Gasteiger partial charge is 0.0131 e. The van der Waals surface area contributed by atoms with Crippen LogP contribution in [0.2, 0.25) is 0 Å². The molecule has 13 heavy (non-hydrogen) atoms. The Bertz CT molecular complexity index is 250. The van der Waals surface area contributed by atoms with Crippen molar-refractivity contribution in [3.8, 4) is 0 Å². The molecule has 70 valence electrons. The molecule has 0 nitrogen and oxygen atoms in total. The highest BCUT2D eigenvalue weighted by atomic mass is 14.4. The summed E-state index contributed by atoms with van der Waals surface area (Å²) < 4.78 is 0. The molecule has 2 rings (SSSR count). The molecule has 2 atom stereocenters. The topological polar surface area (TPSA) is 0 Å². The molecule has 0 radical (unpaired) electrons. The average molecular weight is 174 g/mol. The Hall–Kier alpha value is -0.780. The molecule has 0 N–H and O–H groups in total. The molecule has 0 bridgehead atoms. The van der Waals surface area contributed by atoms with E-state index < -0.39 is 0 Å². The Kier molecular flexibility index (Phi) is 2.68. The second-order valence-electron chi connectivity index (χ2n) is 4.16. The lowest BCUT2D eigenvalue weighted by molar-refractivity contribution is 0.640. The van der Waals surface area contributed by atoms with E-state index in [0.29, 0.717) is 0 Å². The van der Waals surface area contributed by atoms with Crippen molar-refractivity contribution in [3.05, 3.63) is 35.9 Å². The maximum Gasteiger partial charge on any atom is -0.0131 e. The summed E-state index contributed by atoms with van der Waals surface area (Å²) in [5, 5.41) is 0. The minimum absolute atomic E-state index is 0.896. The maximum absolute atomic E-state index is 2.28. The van der Waals surface area contributed by atoms with Crippen LogP contribution in [0.15, 0.2) is 30.3 Å². The molecule has 1 fully saturated rings. The van der Waals surface area contributed by atoms with Crippen LogP contribution in [0, 0.1) is 5.92 Å². The zero-order chi connectivity index (χ0) is 9.10. The van der Waals surface area contributed by atoms with Gasteiger partial charge in [0.05, 0.1) is 0 Å². The molecular formula is C13H18. The summed E-state index contributed by atoms with van der Waals surface area (Å²) in [5.41, 5.74) is 1.56. The summed E-state index contributed by atoms with van der Waals surface area (Å²) >= 11 is 0. The quantitative estimate of drug-likeness (QED) is 0.647. The van der Waals surface area contributed by atoms with Gasteiger partial charge in [-0.05, 0) is 30.2 Å². The molecule has 1 aliphatic rings. The largest absolute Gasteiger partial charge is 0.0654 e. The highest BCUT2D eigenvalue weighted by Crippen LogP contribution is 2.50. The van der Waals surface area contributed by atoms with Crippen LogP contribution in [0.4, 0.5) is 0 Å². The standard InChI is InChI=1S/C13H18/c1-2-3-7-12-10-13(12)11-8-5-4-6-9-11/h4-6,8-9,12-13H,2-3,7,10H2,1H3/t12-,13-/m1/s1. The first-order valence-electron chi connectivity index (χ1n) is 5.46. The lowest BCUT2D eigenvalue weighted by Crippen LogP contribution is -1.83. The van der Waals surface area contributed by atoms with E-state index in [1.807, 2.05) is 0 Å². The van der Waals surface area contributed by atoms with E-state index in [-0.39, 0.29) is 0 Å². The van der Waals surface area contributed by atoms with E-state index in [1.54, 1.807) is 5.56 Å². The second-order valence-corrected chi connectivity index (χ2v) is 4.16. The third kappa shape index (κ3) is 2.12. The van der Waals surface area contributed by atoms with Crippen LogP contribution in [0.5, 0.6) is 0 Å². The number of hydrogen-bond donors (Lipinski definition) is 0. The molecule has 1 aromatic carbocycles. The van der Waals surface area contributed by atoms with Gasteiger partial charge in [-0.2, -0.15) is 0 Å². The van der Waals surface area contributed by atoms with Gasteiger partial charge < -0.3 is 0 Å². The second kappa shape index (κ2) is 3.95. The van der Waals surface area contributed by atoms with Crippen LogP contribution in [0.3, 0.4) is 0 Å². The molecule has 0 saturated heterocycles. The first kappa shape index (κ1) is 8.80. The van der Waals surface area contributed by atoms with Gasteiger partial charge in [0.2, 0.25) is 0 Å². The van der Waals surface area contributed by atoms with E-state index in [0.717, 1.165) is 11.8 Å². The minimum atomic E-state index is 0.896. The third-order valence-electron chi connectivity index (χ3n) is 3.08. The van der Waals surface area contributed by atoms with Crippen molar-refractivity contribution in [2.75, 3.05) is 0 Å². The summed E-state index contributed by atoms with van der Waals surface area (Å²) in [6.07, 6.45) is 5.63. The predicted octanol–water partition coefficient (Wildman–Crippen LogP) is 3.98. The molecule has 0 heteroatoms. The molecule has 1 saturated carbocycles. The molecular weight excluding hydrogens is 156 g/mol. The monoisotopic (exact) mass is 174 g/mol. The van der Waals surface area contributed by atoms with Crippen molar-refractivity contribution in [3.63, 3.8) is 0 Å². The highest BCUT2D eigenvalue weighted by Gasteiger charge is 2.36. The summed E-state index contributed by atoms with van der Waals surface area (Å²) in [5.74, 6) is 1.90. The number of rotatable bonds is 4. The fraction of sp³-hybridized carbons (Fsp3) is 0.538. The third-order valence-corrected chi connectivity index (χ3v) is 3.08. The van der Waals surface area contributed by atoms with Crippen molar-refractivity contribution in [2.45, 2.75) is 38.5 Å². The number of unbranched alkanes of at least 4 members (excludes halogenated alkanes) is 1. The predicted molar refractivity (Wildman–Crippen MR) is 56.8 cm³/mol. The fourth-order valence-electron chi connectivity index (χ4n) is 2.14. The first-order chi connectivity index (χ1) is 6.42. The van der Waals surface area contributed by atoms with Crippen molar-refractivity contribution in [1.29, 1.82) is 0 Å².